The molecule has 138 valence electrons. The molecule has 27 heavy (non-hydrogen) atoms. The molecule has 0 unspecified atom stereocenters. The van der Waals surface area contributed by atoms with E-state index in [4.69, 9.17) is 5.73 Å². The molecule has 3 aromatic rings. The van der Waals surface area contributed by atoms with Crippen LogP contribution < -0.4 is 16.0 Å². The number of nitrogen functional groups attached to an aromatic ring is 1. The lowest BCUT2D eigenvalue weighted by atomic mass is 10.2. The Labute approximate surface area is 158 Å². The molecule has 0 amide bonds. The smallest absolute Gasteiger partial charge is 0.232 e. The molecule has 0 saturated carbocycles. The van der Waals surface area contributed by atoms with Crippen LogP contribution >= 0.6 is 0 Å². The highest BCUT2D eigenvalue weighted by Gasteiger charge is 2.18. The number of rotatable bonds is 5. The van der Waals surface area contributed by atoms with Crippen molar-refractivity contribution >= 4 is 23.3 Å². The summed E-state index contributed by atoms with van der Waals surface area (Å²) in [5.41, 5.74) is 8.08. The predicted molar refractivity (Wildman–Crippen MR) is 108 cm³/mol. The van der Waals surface area contributed by atoms with E-state index in [2.05, 4.69) is 54.3 Å². The predicted octanol–water partition coefficient (Wildman–Crippen LogP) is 2.52. The first-order valence-corrected chi connectivity index (χ1v) is 9.11. The number of nitrogens with one attached hydrogen (secondary N) is 1. The van der Waals surface area contributed by atoms with Gasteiger partial charge in [0.25, 0.3) is 0 Å². The lowest BCUT2D eigenvalue weighted by Crippen LogP contribution is -2.46. The van der Waals surface area contributed by atoms with Crippen LogP contribution in [0.3, 0.4) is 0 Å². The molecular weight excluding hydrogens is 338 g/mol. The molecule has 7 nitrogen and oxygen atoms in total. The largest absolute Gasteiger partial charge is 0.369 e. The molecule has 1 aromatic heterocycles. The molecule has 7 heteroatoms. The van der Waals surface area contributed by atoms with Gasteiger partial charge in [-0.05, 0) is 24.3 Å². The summed E-state index contributed by atoms with van der Waals surface area (Å²) in [4.78, 5) is 17.8. The van der Waals surface area contributed by atoms with E-state index in [1.165, 1.54) is 5.69 Å². The number of nitrogens with two attached hydrogens (primary N) is 1. The van der Waals surface area contributed by atoms with Crippen LogP contribution in [0.25, 0.3) is 0 Å². The molecule has 0 aliphatic carbocycles. The number of para-hydroxylation sites is 2. The average molecular weight is 361 g/mol. The summed E-state index contributed by atoms with van der Waals surface area (Å²) >= 11 is 0. The Bertz CT molecular complexity index is 862. The minimum atomic E-state index is 0.237. The van der Waals surface area contributed by atoms with Crippen LogP contribution in [-0.2, 0) is 6.54 Å². The molecule has 1 aliphatic heterocycles. The topological polar surface area (TPSA) is 83.2 Å². The van der Waals surface area contributed by atoms with Gasteiger partial charge in [0, 0.05) is 37.6 Å². The summed E-state index contributed by atoms with van der Waals surface area (Å²) in [5, 5.41) is 3.18. The number of aromatic nitrogens is 3. The van der Waals surface area contributed by atoms with E-state index in [0.717, 1.165) is 31.9 Å². The lowest BCUT2D eigenvalue weighted by Gasteiger charge is -2.35. The van der Waals surface area contributed by atoms with Gasteiger partial charge >= 0.3 is 0 Å². The molecule has 2 aromatic carbocycles. The second kappa shape index (κ2) is 8.01. The monoisotopic (exact) mass is 361 g/mol. The van der Waals surface area contributed by atoms with E-state index >= 15 is 0 Å². The van der Waals surface area contributed by atoms with Gasteiger partial charge in [-0.2, -0.15) is 15.0 Å². The molecule has 0 radical (unpaired) electrons. The lowest BCUT2D eigenvalue weighted by molar-refractivity contribution is 0.244. The van der Waals surface area contributed by atoms with Crippen molar-refractivity contribution in [1.82, 2.24) is 19.9 Å². The minimum Gasteiger partial charge on any atom is -0.369 e. The number of benzene rings is 2. The maximum absolute atomic E-state index is 5.89. The Hall–Kier alpha value is -3.19. The van der Waals surface area contributed by atoms with Crippen molar-refractivity contribution in [2.75, 3.05) is 42.1 Å². The third-order valence-electron chi connectivity index (χ3n) is 4.59. The van der Waals surface area contributed by atoms with Gasteiger partial charge in [-0.25, -0.2) is 0 Å². The average Bonchev–Trinajstić information content (AvgIpc) is 2.70. The molecule has 1 aliphatic rings. The van der Waals surface area contributed by atoms with E-state index in [9.17, 15) is 0 Å². The highest BCUT2D eigenvalue weighted by molar-refractivity contribution is 5.53. The van der Waals surface area contributed by atoms with E-state index in [1.54, 1.807) is 0 Å². The molecule has 4 rings (SSSR count). The summed E-state index contributed by atoms with van der Waals surface area (Å²) in [6.45, 7) is 4.56. The maximum atomic E-state index is 5.89. The van der Waals surface area contributed by atoms with Gasteiger partial charge < -0.3 is 16.0 Å². The van der Waals surface area contributed by atoms with Crippen molar-refractivity contribution in [1.29, 1.82) is 0 Å². The zero-order chi connectivity index (χ0) is 18.5. The molecule has 1 fully saturated rings. The quantitative estimate of drug-likeness (QED) is 0.722. The van der Waals surface area contributed by atoms with Crippen molar-refractivity contribution in [2.45, 2.75) is 6.54 Å². The normalized spacial score (nSPS) is 14.9. The fraction of sp³-hybridized carbons (Fsp3) is 0.250. The maximum Gasteiger partial charge on any atom is 0.232 e. The zero-order valence-electron chi connectivity index (χ0n) is 15.1. The van der Waals surface area contributed by atoms with Gasteiger partial charge in [0.05, 0.1) is 6.54 Å². The molecule has 3 N–H and O–H groups in total. The van der Waals surface area contributed by atoms with Gasteiger partial charge in [-0.1, -0.05) is 36.4 Å². The zero-order valence-corrected chi connectivity index (χ0v) is 15.1. The number of hydrogen-bond acceptors (Lipinski definition) is 7. The Morgan fingerprint density at radius 1 is 0.815 bits per heavy atom. The fourth-order valence-electron chi connectivity index (χ4n) is 3.22. The van der Waals surface area contributed by atoms with Crippen molar-refractivity contribution in [2.24, 2.45) is 0 Å². The second-order valence-corrected chi connectivity index (χ2v) is 6.52. The number of hydrogen-bond donors (Lipinski definition) is 2. The first kappa shape index (κ1) is 17.2. The van der Waals surface area contributed by atoms with Gasteiger partial charge in [0.1, 0.15) is 5.82 Å². The van der Waals surface area contributed by atoms with Crippen LogP contribution in [0.5, 0.6) is 0 Å². The van der Waals surface area contributed by atoms with Crippen LogP contribution in [0.1, 0.15) is 5.82 Å². The summed E-state index contributed by atoms with van der Waals surface area (Å²) in [5.74, 6) is 1.40. The molecule has 0 bridgehead atoms. The Morgan fingerprint density at radius 2 is 1.48 bits per heavy atom. The highest BCUT2D eigenvalue weighted by Crippen LogP contribution is 2.17. The third-order valence-corrected chi connectivity index (χ3v) is 4.59. The van der Waals surface area contributed by atoms with E-state index in [1.807, 2.05) is 36.4 Å². The number of anilines is 4. The molecule has 0 atom stereocenters. The minimum absolute atomic E-state index is 0.237. The summed E-state index contributed by atoms with van der Waals surface area (Å²) in [6.07, 6.45) is 0. The molecular formula is C20H23N7. The number of nitrogens with zero attached hydrogens (tertiary/aromatic N) is 5. The molecule has 0 spiro atoms. The van der Waals surface area contributed by atoms with Crippen LogP contribution in [0, 0.1) is 0 Å². The first-order valence-electron chi connectivity index (χ1n) is 9.11. The van der Waals surface area contributed by atoms with Crippen LogP contribution in [0.4, 0.5) is 23.3 Å². The summed E-state index contributed by atoms with van der Waals surface area (Å²) in [7, 11) is 0. The first-order chi connectivity index (χ1) is 13.3. The van der Waals surface area contributed by atoms with Crippen LogP contribution in [0.2, 0.25) is 0 Å². The highest BCUT2D eigenvalue weighted by atomic mass is 15.3. The summed E-state index contributed by atoms with van der Waals surface area (Å²) in [6, 6.07) is 20.3. The van der Waals surface area contributed by atoms with Crippen LogP contribution in [-0.4, -0.2) is 46.0 Å². The Balaban J connectivity index is 1.38. The summed E-state index contributed by atoms with van der Waals surface area (Å²) < 4.78 is 0. The van der Waals surface area contributed by atoms with E-state index < -0.39 is 0 Å². The van der Waals surface area contributed by atoms with Crippen LogP contribution in [0.15, 0.2) is 60.7 Å². The number of piperazine rings is 1. The van der Waals surface area contributed by atoms with Gasteiger partial charge in [-0.15, -0.1) is 0 Å². The van der Waals surface area contributed by atoms with Crippen molar-refractivity contribution in [3.8, 4) is 0 Å². The van der Waals surface area contributed by atoms with E-state index in [0.29, 0.717) is 18.3 Å². The van der Waals surface area contributed by atoms with Crippen molar-refractivity contribution in [3.05, 3.63) is 66.5 Å². The standard InChI is InChI=1S/C20H23N7/c21-19-23-18(24-20(25-19)22-16-7-3-1-4-8-16)15-26-11-13-27(14-12-26)17-9-5-2-6-10-17/h1-10H,11-15H2,(H3,21,22,23,24,25). The van der Waals surface area contributed by atoms with E-state index in [-0.39, 0.29) is 5.95 Å². The Morgan fingerprint density at radius 3 is 2.19 bits per heavy atom. The van der Waals surface area contributed by atoms with Crippen molar-refractivity contribution < 1.29 is 0 Å². The SMILES string of the molecule is Nc1nc(CN2CCN(c3ccccc3)CC2)nc(Nc2ccccc2)n1. The second-order valence-electron chi connectivity index (χ2n) is 6.52. The fourth-order valence-corrected chi connectivity index (χ4v) is 3.22. The Kier molecular flexibility index (Phi) is 5.11. The molecule has 1 saturated heterocycles. The van der Waals surface area contributed by atoms with Gasteiger partial charge in [0.15, 0.2) is 0 Å². The van der Waals surface area contributed by atoms with Gasteiger partial charge in [0.2, 0.25) is 11.9 Å². The third kappa shape index (κ3) is 4.51. The van der Waals surface area contributed by atoms with Gasteiger partial charge in [-0.3, -0.25) is 4.90 Å². The van der Waals surface area contributed by atoms with Crippen molar-refractivity contribution in [3.63, 3.8) is 0 Å². The molecule has 2 heterocycles.